The van der Waals surface area contributed by atoms with E-state index in [0.717, 1.165) is 10.6 Å². The van der Waals surface area contributed by atoms with E-state index in [1.54, 1.807) is 23.9 Å². The van der Waals surface area contributed by atoms with Gasteiger partial charge in [0.15, 0.2) is 0 Å². The molecule has 0 aliphatic heterocycles. The Morgan fingerprint density at radius 3 is 2.82 bits per heavy atom. The van der Waals surface area contributed by atoms with Crippen LogP contribution in [-0.4, -0.2) is 10.9 Å². The summed E-state index contributed by atoms with van der Waals surface area (Å²) in [5, 5.41) is 9.89. The standard InChI is InChI=1S/C8H9ClOS/c1-2-11-8-4-3-6(9)5-7(8)10/h3-5,10H,2H2,1H3. The topological polar surface area (TPSA) is 20.2 Å². The summed E-state index contributed by atoms with van der Waals surface area (Å²) < 4.78 is 0. The van der Waals surface area contributed by atoms with Gasteiger partial charge in [0.2, 0.25) is 0 Å². The van der Waals surface area contributed by atoms with Gasteiger partial charge in [-0.2, -0.15) is 0 Å². The van der Waals surface area contributed by atoms with Gasteiger partial charge < -0.3 is 5.11 Å². The molecule has 0 aliphatic carbocycles. The zero-order valence-corrected chi connectivity index (χ0v) is 7.75. The molecule has 60 valence electrons. The van der Waals surface area contributed by atoms with E-state index in [-0.39, 0.29) is 5.75 Å². The zero-order valence-electron chi connectivity index (χ0n) is 6.17. The molecular formula is C8H9ClOS. The average molecular weight is 189 g/mol. The SMILES string of the molecule is CCSc1ccc(Cl)cc1O. The molecule has 3 heteroatoms. The normalized spacial score (nSPS) is 10.0. The van der Waals surface area contributed by atoms with Gasteiger partial charge in [0, 0.05) is 9.92 Å². The van der Waals surface area contributed by atoms with Gasteiger partial charge in [-0.3, -0.25) is 0 Å². The van der Waals surface area contributed by atoms with Crippen molar-refractivity contribution in [2.45, 2.75) is 11.8 Å². The quantitative estimate of drug-likeness (QED) is 0.720. The van der Waals surface area contributed by atoms with Crippen LogP contribution in [0.15, 0.2) is 23.1 Å². The fourth-order valence-corrected chi connectivity index (χ4v) is 1.62. The Balaban J connectivity index is 2.90. The molecule has 0 saturated carbocycles. The fraction of sp³-hybridized carbons (Fsp3) is 0.250. The number of halogens is 1. The maximum Gasteiger partial charge on any atom is 0.130 e. The highest BCUT2D eigenvalue weighted by Gasteiger charge is 1.99. The molecular weight excluding hydrogens is 180 g/mol. The molecule has 0 spiro atoms. The van der Waals surface area contributed by atoms with Crippen LogP contribution in [0, 0.1) is 0 Å². The van der Waals surface area contributed by atoms with E-state index in [4.69, 9.17) is 11.6 Å². The predicted molar refractivity (Wildman–Crippen MR) is 49.5 cm³/mol. The maximum atomic E-state index is 9.32. The van der Waals surface area contributed by atoms with Crippen LogP contribution in [0.1, 0.15) is 6.92 Å². The smallest absolute Gasteiger partial charge is 0.130 e. The summed E-state index contributed by atoms with van der Waals surface area (Å²) in [5.41, 5.74) is 0. The average Bonchev–Trinajstić information content (AvgIpc) is 1.95. The minimum Gasteiger partial charge on any atom is -0.507 e. The summed E-state index contributed by atoms with van der Waals surface area (Å²) in [6, 6.07) is 5.16. The molecule has 0 bridgehead atoms. The molecule has 1 nitrogen and oxygen atoms in total. The molecule has 0 atom stereocenters. The monoisotopic (exact) mass is 188 g/mol. The Morgan fingerprint density at radius 1 is 1.55 bits per heavy atom. The van der Waals surface area contributed by atoms with E-state index >= 15 is 0 Å². The lowest BCUT2D eigenvalue weighted by atomic mass is 10.3. The second-order valence-electron chi connectivity index (χ2n) is 2.05. The number of phenolic OH excluding ortho intramolecular Hbond substituents is 1. The van der Waals surface area contributed by atoms with Crippen molar-refractivity contribution in [3.63, 3.8) is 0 Å². The van der Waals surface area contributed by atoms with Crippen molar-refractivity contribution in [3.8, 4) is 5.75 Å². The Kier molecular flexibility index (Phi) is 3.09. The van der Waals surface area contributed by atoms with Gasteiger partial charge in [-0.05, 0) is 24.0 Å². The van der Waals surface area contributed by atoms with Gasteiger partial charge in [-0.15, -0.1) is 11.8 Å². The Hall–Kier alpha value is -0.340. The lowest BCUT2D eigenvalue weighted by Gasteiger charge is -2.01. The Labute approximate surface area is 75.4 Å². The van der Waals surface area contributed by atoms with Crippen LogP contribution in [0.2, 0.25) is 5.02 Å². The van der Waals surface area contributed by atoms with Crippen molar-refractivity contribution in [3.05, 3.63) is 23.2 Å². The molecule has 0 saturated heterocycles. The van der Waals surface area contributed by atoms with Crippen LogP contribution in [0.4, 0.5) is 0 Å². The number of hydrogen-bond acceptors (Lipinski definition) is 2. The minimum atomic E-state index is 0.268. The number of phenols is 1. The van der Waals surface area contributed by atoms with E-state index in [0.29, 0.717) is 5.02 Å². The summed E-state index contributed by atoms with van der Waals surface area (Å²) in [5.74, 6) is 1.22. The molecule has 1 aromatic carbocycles. The fourth-order valence-electron chi connectivity index (χ4n) is 0.768. The number of thioether (sulfide) groups is 1. The number of rotatable bonds is 2. The lowest BCUT2D eigenvalue weighted by Crippen LogP contribution is -1.74. The van der Waals surface area contributed by atoms with E-state index in [1.165, 1.54) is 0 Å². The molecule has 11 heavy (non-hydrogen) atoms. The number of hydrogen-bond donors (Lipinski definition) is 1. The Bertz CT molecular complexity index is 250. The molecule has 0 amide bonds. The van der Waals surface area contributed by atoms with Crippen LogP contribution in [0.25, 0.3) is 0 Å². The minimum absolute atomic E-state index is 0.268. The van der Waals surface area contributed by atoms with Crippen LogP contribution < -0.4 is 0 Å². The summed E-state index contributed by atoms with van der Waals surface area (Å²) in [6.07, 6.45) is 0. The third kappa shape index (κ3) is 2.31. The summed E-state index contributed by atoms with van der Waals surface area (Å²) >= 11 is 7.25. The lowest BCUT2D eigenvalue weighted by molar-refractivity contribution is 0.462. The van der Waals surface area contributed by atoms with E-state index in [2.05, 4.69) is 0 Å². The molecule has 0 unspecified atom stereocenters. The van der Waals surface area contributed by atoms with E-state index < -0.39 is 0 Å². The molecule has 1 rings (SSSR count). The van der Waals surface area contributed by atoms with Gasteiger partial charge in [0.05, 0.1) is 0 Å². The molecule has 0 heterocycles. The second-order valence-corrected chi connectivity index (χ2v) is 3.79. The first-order valence-corrected chi connectivity index (χ1v) is 4.71. The zero-order chi connectivity index (χ0) is 8.27. The third-order valence-corrected chi connectivity index (χ3v) is 2.40. The van der Waals surface area contributed by atoms with E-state index in [1.807, 2.05) is 13.0 Å². The summed E-state index contributed by atoms with van der Waals surface area (Å²) in [7, 11) is 0. The molecule has 0 radical (unpaired) electrons. The molecule has 0 fully saturated rings. The summed E-state index contributed by atoms with van der Waals surface area (Å²) in [4.78, 5) is 0.886. The molecule has 1 aromatic rings. The molecule has 0 aromatic heterocycles. The van der Waals surface area contributed by atoms with Gasteiger partial charge >= 0.3 is 0 Å². The van der Waals surface area contributed by atoms with Crippen molar-refractivity contribution >= 4 is 23.4 Å². The van der Waals surface area contributed by atoms with Gasteiger partial charge in [-0.25, -0.2) is 0 Å². The van der Waals surface area contributed by atoms with Crippen LogP contribution in [0.5, 0.6) is 5.75 Å². The van der Waals surface area contributed by atoms with Crippen LogP contribution in [0.3, 0.4) is 0 Å². The summed E-state index contributed by atoms with van der Waals surface area (Å²) in [6.45, 7) is 2.04. The maximum absolute atomic E-state index is 9.32. The van der Waals surface area contributed by atoms with Gasteiger partial charge in [0.25, 0.3) is 0 Å². The molecule has 0 aliphatic rings. The first-order valence-electron chi connectivity index (χ1n) is 3.35. The van der Waals surface area contributed by atoms with Gasteiger partial charge in [-0.1, -0.05) is 18.5 Å². The third-order valence-electron chi connectivity index (χ3n) is 1.22. The molecule has 1 N–H and O–H groups in total. The predicted octanol–water partition coefficient (Wildman–Crippen LogP) is 3.16. The largest absolute Gasteiger partial charge is 0.507 e. The van der Waals surface area contributed by atoms with Crippen LogP contribution in [-0.2, 0) is 0 Å². The van der Waals surface area contributed by atoms with Gasteiger partial charge in [0.1, 0.15) is 5.75 Å². The second kappa shape index (κ2) is 3.88. The van der Waals surface area contributed by atoms with Crippen LogP contribution >= 0.6 is 23.4 Å². The van der Waals surface area contributed by atoms with Crippen molar-refractivity contribution < 1.29 is 5.11 Å². The Morgan fingerprint density at radius 2 is 2.27 bits per heavy atom. The van der Waals surface area contributed by atoms with Crippen molar-refractivity contribution in [2.75, 3.05) is 5.75 Å². The number of aromatic hydroxyl groups is 1. The highest BCUT2D eigenvalue weighted by atomic mass is 35.5. The highest BCUT2D eigenvalue weighted by molar-refractivity contribution is 7.99. The van der Waals surface area contributed by atoms with E-state index in [9.17, 15) is 5.11 Å². The van der Waals surface area contributed by atoms with Crippen molar-refractivity contribution in [1.29, 1.82) is 0 Å². The first kappa shape index (κ1) is 8.75. The number of benzene rings is 1. The van der Waals surface area contributed by atoms with Crippen molar-refractivity contribution in [2.24, 2.45) is 0 Å². The van der Waals surface area contributed by atoms with Crippen molar-refractivity contribution in [1.82, 2.24) is 0 Å². The highest BCUT2D eigenvalue weighted by Crippen LogP contribution is 2.30. The first-order chi connectivity index (χ1) is 5.24.